The van der Waals surface area contributed by atoms with E-state index in [-0.39, 0.29) is 12.3 Å². The zero-order valence-electron chi connectivity index (χ0n) is 11.4. The maximum Gasteiger partial charge on any atom is 0.421 e. The summed E-state index contributed by atoms with van der Waals surface area (Å²) in [6, 6.07) is 5.15. The molecule has 0 saturated carbocycles. The van der Waals surface area contributed by atoms with Crippen LogP contribution in [0.2, 0.25) is 0 Å². The topological polar surface area (TPSA) is 72.6 Å². The summed E-state index contributed by atoms with van der Waals surface area (Å²) in [4.78, 5) is 25.2. The second kappa shape index (κ2) is 4.57. The molecule has 2 rings (SSSR count). The maximum absolute atomic E-state index is 12.1. The Morgan fingerprint density at radius 2 is 2.00 bits per heavy atom. The van der Waals surface area contributed by atoms with Crippen LogP contribution in [-0.4, -0.2) is 17.6 Å². The van der Waals surface area contributed by atoms with Crippen molar-refractivity contribution < 1.29 is 14.3 Å². The van der Waals surface area contributed by atoms with E-state index in [0.717, 1.165) is 10.5 Å². The van der Waals surface area contributed by atoms with Gasteiger partial charge in [-0.25, -0.2) is 9.69 Å². The van der Waals surface area contributed by atoms with Crippen molar-refractivity contribution in [3.63, 3.8) is 0 Å². The minimum absolute atomic E-state index is 0.244. The fraction of sp³-hybridized carbons (Fsp3) is 0.429. The summed E-state index contributed by atoms with van der Waals surface area (Å²) in [6.07, 6.45) is 0.247. The molecule has 2 N–H and O–H groups in total. The molecule has 0 spiro atoms. The highest BCUT2D eigenvalue weighted by Gasteiger charge is 2.32. The number of rotatable bonds is 0. The number of carbonyl (C=O) groups excluding carboxylic acids is 2. The molecule has 0 saturated heterocycles. The highest BCUT2D eigenvalue weighted by Crippen LogP contribution is 2.30. The predicted octanol–water partition coefficient (Wildman–Crippen LogP) is 2.48. The van der Waals surface area contributed by atoms with Gasteiger partial charge in [-0.1, -0.05) is 0 Å². The van der Waals surface area contributed by atoms with Gasteiger partial charge in [0.25, 0.3) is 0 Å². The van der Waals surface area contributed by atoms with Crippen LogP contribution in [-0.2, 0) is 16.0 Å². The SMILES string of the molecule is CC(C)(C)OC(=O)N1C(=O)CCc2cc(N)ccc21. The Kier molecular flexibility index (Phi) is 3.22. The largest absolute Gasteiger partial charge is 0.443 e. The first-order valence-corrected chi connectivity index (χ1v) is 6.22. The standard InChI is InChI=1S/C14H18N2O3/c1-14(2,3)19-13(18)16-11-6-5-10(15)8-9(11)4-7-12(16)17/h5-6,8H,4,7,15H2,1-3H3. The number of nitrogens with two attached hydrogens (primary N) is 1. The smallest absolute Gasteiger partial charge is 0.421 e. The number of fused-ring (bicyclic) bond motifs is 1. The van der Waals surface area contributed by atoms with Gasteiger partial charge in [-0.2, -0.15) is 0 Å². The van der Waals surface area contributed by atoms with Crippen LogP contribution in [0.15, 0.2) is 18.2 Å². The molecule has 1 aliphatic rings. The van der Waals surface area contributed by atoms with Gasteiger partial charge in [-0.05, 0) is 51.0 Å². The summed E-state index contributed by atoms with van der Waals surface area (Å²) < 4.78 is 5.27. The Hall–Kier alpha value is -2.04. The number of carbonyl (C=O) groups is 2. The molecule has 0 aliphatic carbocycles. The summed E-state index contributed by atoms with van der Waals surface area (Å²) in [5.41, 5.74) is 7.17. The van der Waals surface area contributed by atoms with Gasteiger partial charge in [0.1, 0.15) is 5.60 Å². The fourth-order valence-corrected chi connectivity index (χ4v) is 2.02. The summed E-state index contributed by atoms with van der Waals surface area (Å²) in [5, 5.41) is 0. The lowest BCUT2D eigenvalue weighted by Crippen LogP contribution is -2.43. The molecule has 0 bridgehead atoms. The molecule has 0 fully saturated rings. The Bertz CT molecular complexity index is 532. The van der Waals surface area contributed by atoms with E-state index in [9.17, 15) is 9.59 Å². The Morgan fingerprint density at radius 1 is 1.32 bits per heavy atom. The van der Waals surface area contributed by atoms with Crippen molar-refractivity contribution in [3.8, 4) is 0 Å². The molecule has 0 aromatic heterocycles. The van der Waals surface area contributed by atoms with Gasteiger partial charge in [0.05, 0.1) is 5.69 Å². The third-order valence-electron chi connectivity index (χ3n) is 2.78. The third kappa shape index (κ3) is 2.86. The Morgan fingerprint density at radius 3 is 2.63 bits per heavy atom. The van der Waals surface area contributed by atoms with Crippen molar-refractivity contribution in [1.29, 1.82) is 0 Å². The Balaban J connectivity index is 2.35. The molecule has 1 heterocycles. The first-order chi connectivity index (χ1) is 8.78. The van der Waals surface area contributed by atoms with Crippen molar-refractivity contribution in [2.24, 2.45) is 0 Å². The van der Waals surface area contributed by atoms with E-state index in [1.165, 1.54) is 0 Å². The minimum atomic E-state index is -0.636. The van der Waals surface area contributed by atoms with Gasteiger partial charge in [0.15, 0.2) is 0 Å². The van der Waals surface area contributed by atoms with E-state index in [4.69, 9.17) is 10.5 Å². The van der Waals surface area contributed by atoms with E-state index in [0.29, 0.717) is 17.8 Å². The third-order valence-corrected chi connectivity index (χ3v) is 2.78. The lowest BCUT2D eigenvalue weighted by molar-refractivity contribution is -0.118. The molecule has 0 unspecified atom stereocenters. The number of nitrogens with zero attached hydrogens (tertiary/aromatic N) is 1. The van der Waals surface area contributed by atoms with Crippen LogP contribution in [0.4, 0.5) is 16.2 Å². The van der Waals surface area contributed by atoms with Crippen molar-refractivity contribution in [1.82, 2.24) is 0 Å². The molecule has 5 nitrogen and oxygen atoms in total. The normalized spacial score (nSPS) is 15.1. The highest BCUT2D eigenvalue weighted by molar-refractivity contribution is 6.14. The molecule has 19 heavy (non-hydrogen) atoms. The van der Waals surface area contributed by atoms with Crippen molar-refractivity contribution in [3.05, 3.63) is 23.8 Å². The number of amides is 2. The monoisotopic (exact) mass is 262 g/mol. The van der Waals surface area contributed by atoms with E-state index in [2.05, 4.69) is 0 Å². The van der Waals surface area contributed by atoms with Crippen molar-refractivity contribution >= 4 is 23.4 Å². The zero-order chi connectivity index (χ0) is 14.2. The van der Waals surface area contributed by atoms with Crippen molar-refractivity contribution in [2.45, 2.75) is 39.2 Å². The molecule has 0 radical (unpaired) electrons. The molecule has 1 aromatic carbocycles. The van der Waals surface area contributed by atoms with Gasteiger partial charge >= 0.3 is 6.09 Å². The lowest BCUT2D eigenvalue weighted by Gasteiger charge is -2.30. The van der Waals surface area contributed by atoms with Crippen LogP contribution in [0.1, 0.15) is 32.8 Å². The molecule has 102 valence electrons. The maximum atomic E-state index is 12.1. The number of ether oxygens (including phenoxy) is 1. The average molecular weight is 262 g/mol. The van der Waals surface area contributed by atoms with Crippen molar-refractivity contribution in [2.75, 3.05) is 10.6 Å². The first kappa shape index (κ1) is 13.4. The fourth-order valence-electron chi connectivity index (χ4n) is 2.02. The number of anilines is 2. The minimum Gasteiger partial charge on any atom is -0.443 e. The van der Waals surface area contributed by atoms with Crippen LogP contribution in [0, 0.1) is 0 Å². The van der Waals surface area contributed by atoms with Crippen LogP contribution in [0.25, 0.3) is 0 Å². The first-order valence-electron chi connectivity index (χ1n) is 6.22. The number of aryl methyl sites for hydroxylation is 1. The lowest BCUT2D eigenvalue weighted by atomic mass is 10.0. The van der Waals surface area contributed by atoms with Gasteiger partial charge in [-0.15, -0.1) is 0 Å². The average Bonchev–Trinajstić information content (AvgIpc) is 2.26. The molecule has 5 heteroatoms. The summed E-state index contributed by atoms with van der Waals surface area (Å²) in [6.45, 7) is 5.30. The van der Waals surface area contributed by atoms with Crippen LogP contribution >= 0.6 is 0 Å². The number of hydrogen-bond donors (Lipinski definition) is 1. The summed E-state index contributed by atoms with van der Waals surface area (Å²) in [7, 11) is 0. The van der Waals surface area contributed by atoms with Gasteiger partial charge in [-0.3, -0.25) is 4.79 Å². The van der Waals surface area contributed by atoms with Crippen LogP contribution in [0.3, 0.4) is 0 Å². The number of hydrogen-bond acceptors (Lipinski definition) is 4. The molecule has 2 amide bonds. The van der Waals surface area contributed by atoms with E-state index in [1.807, 2.05) is 0 Å². The van der Waals surface area contributed by atoms with Crippen LogP contribution < -0.4 is 10.6 Å². The summed E-state index contributed by atoms with van der Waals surface area (Å²) >= 11 is 0. The number of imide groups is 1. The van der Waals surface area contributed by atoms with Crippen LogP contribution in [0.5, 0.6) is 0 Å². The second-order valence-corrected chi connectivity index (χ2v) is 5.60. The predicted molar refractivity (Wildman–Crippen MR) is 72.9 cm³/mol. The quantitative estimate of drug-likeness (QED) is 0.729. The summed E-state index contributed by atoms with van der Waals surface area (Å²) in [5.74, 6) is -0.244. The zero-order valence-corrected chi connectivity index (χ0v) is 11.4. The molecular formula is C14H18N2O3. The van der Waals surface area contributed by atoms with E-state index in [1.54, 1.807) is 39.0 Å². The molecule has 0 atom stereocenters. The highest BCUT2D eigenvalue weighted by atomic mass is 16.6. The molecule has 1 aliphatic heterocycles. The Labute approximate surface area is 112 Å². The van der Waals surface area contributed by atoms with Gasteiger partial charge in [0.2, 0.25) is 5.91 Å². The molecular weight excluding hydrogens is 244 g/mol. The van der Waals surface area contributed by atoms with E-state index >= 15 is 0 Å². The molecule has 1 aromatic rings. The van der Waals surface area contributed by atoms with Gasteiger partial charge in [0, 0.05) is 12.1 Å². The second-order valence-electron chi connectivity index (χ2n) is 5.60. The van der Waals surface area contributed by atoms with E-state index < -0.39 is 11.7 Å². The number of nitrogen functional groups attached to an aromatic ring is 1. The number of benzene rings is 1. The van der Waals surface area contributed by atoms with Gasteiger partial charge < -0.3 is 10.5 Å².